The van der Waals surface area contributed by atoms with Crippen LogP contribution in [0.4, 0.5) is 0 Å². The van der Waals surface area contributed by atoms with E-state index in [0.717, 1.165) is 25.7 Å². The van der Waals surface area contributed by atoms with Crippen LogP contribution in [0.2, 0.25) is 0 Å². The van der Waals surface area contributed by atoms with Gasteiger partial charge in [-0.1, -0.05) is 30.3 Å². The maximum absolute atomic E-state index is 13.1. The summed E-state index contributed by atoms with van der Waals surface area (Å²) in [7, 11) is 1.57. The van der Waals surface area contributed by atoms with Gasteiger partial charge >= 0.3 is 0 Å². The Balaban J connectivity index is 1.72. The Morgan fingerprint density at radius 1 is 1.03 bits per heavy atom. The van der Waals surface area contributed by atoms with Crippen LogP contribution in [0.1, 0.15) is 64.3 Å². The quantitative estimate of drug-likeness (QED) is 0.707. The van der Waals surface area contributed by atoms with Gasteiger partial charge in [-0.15, -0.1) is 0 Å². The van der Waals surface area contributed by atoms with Crippen molar-refractivity contribution in [3.05, 3.63) is 59.2 Å². The number of rotatable bonds is 7. The third kappa shape index (κ3) is 3.70. The highest BCUT2D eigenvalue weighted by Crippen LogP contribution is 2.41. The first-order chi connectivity index (χ1) is 14.5. The van der Waals surface area contributed by atoms with E-state index in [1.54, 1.807) is 49.6 Å². The summed E-state index contributed by atoms with van der Waals surface area (Å²) in [5.74, 6) is -1.59. The molecule has 1 amide bonds. The number of hydrogen-bond acceptors (Lipinski definition) is 5. The number of ether oxygens (including phenoxy) is 2. The number of hydrogen-bond donors (Lipinski definition) is 1. The highest BCUT2D eigenvalue weighted by molar-refractivity contribution is 6.27. The Morgan fingerprint density at radius 2 is 1.67 bits per heavy atom. The van der Waals surface area contributed by atoms with Crippen LogP contribution in [0.5, 0.6) is 11.5 Å². The van der Waals surface area contributed by atoms with Crippen LogP contribution in [-0.4, -0.2) is 30.7 Å². The molecule has 2 aliphatic carbocycles. The van der Waals surface area contributed by atoms with Crippen molar-refractivity contribution in [1.29, 1.82) is 0 Å². The monoisotopic (exact) mass is 407 g/mol. The zero-order chi connectivity index (χ0) is 21.3. The van der Waals surface area contributed by atoms with Crippen LogP contribution in [0.25, 0.3) is 0 Å². The molecule has 4 rings (SSSR count). The van der Waals surface area contributed by atoms with Crippen LogP contribution in [0.3, 0.4) is 0 Å². The van der Waals surface area contributed by atoms with Gasteiger partial charge in [-0.25, -0.2) is 0 Å². The van der Waals surface area contributed by atoms with E-state index < -0.39 is 17.7 Å². The van der Waals surface area contributed by atoms with Gasteiger partial charge in [-0.05, 0) is 43.4 Å². The van der Waals surface area contributed by atoms with Crippen molar-refractivity contribution < 1.29 is 23.9 Å². The standard InChI is InChI=1S/C24H25NO5/c1-29-19-11-10-14(12-20(19)30-15-6-2-3-7-15)18(13-21(25)26)22-23(27)16-8-4-5-9-17(16)24(22)28/h4-5,8-12,15,18,22H,2-3,6-7,13H2,1H3,(H2,25,26). The van der Waals surface area contributed by atoms with Crippen LogP contribution in [0, 0.1) is 5.92 Å². The maximum atomic E-state index is 13.1. The summed E-state index contributed by atoms with van der Waals surface area (Å²) < 4.78 is 11.6. The molecule has 2 aromatic carbocycles. The Morgan fingerprint density at radius 3 is 2.23 bits per heavy atom. The summed E-state index contributed by atoms with van der Waals surface area (Å²) in [6.07, 6.45) is 4.22. The molecular formula is C24H25NO5. The van der Waals surface area contributed by atoms with Crippen molar-refractivity contribution >= 4 is 17.5 Å². The average molecular weight is 407 g/mol. The number of amides is 1. The number of methoxy groups -OCH3 is 1. The lowest BCUT2D eigenvalue weighted by Gasteiger charge is -2.23. The smallest absolute Gasteiger partial charge is 0.218 e. The van der Waals surface area contributed by atoms with Gasteiger partial charge < -0.3 is 15.2 Å². The Hall–Kier alpha value is -3.15. The second kappa shape index (κ2) is 8.30. The SMILES string of the molecule is COc1ccc(C(CC(N)=O)C2C(=O)c3ccccc3C2=O)cc1OC1CCCC1. The number of carbonyl (C=O) groups is 3. The fraction of sp³-hybridized carbons (Fsp3) is 0.375. The second-order valence-corrected chi connectivity index (χ2v) is 7.96. The lowest BCUT2D eigenvalue weighted by Crippen LogP contribution is -2.28. The highest BCUT2D eigenvalue weighted by atomic mass is 16.5. The first-order valence-corrected chi connectivity index (χ1v) is 10.3. The van der Waals surface area contributed by atoms with Crippen molar-refractivity contribution in [3.63, 3.8) is 0 Å². The Bertz CT molecular complexity index is 958. The van der Waals surface area contributed by atoms with E-state index in [9.17, 15) is 14.4 Å². The zero-order valence-electron chi connectivity index (χ0n) is 16.9. The minimum atomic E-state index is -0.970. The molecule has 2 aliphatic rings. The van der Waals surface area contributed by atoms with E-state index in [0.29, 0.717) is 28.2 Å². The summed E-state index contributed by atoms with van der Waals surface area (Å²) in [6.45, 7) is 0. The minimum Gasteiger partial charge on any atom is -0.493 e. The van der Waals surface area contributed by atoms with Gasteiger partial charge in [-0.3, -0.25) is 14.4 Å². The molecule has 2 N–H and O–H groups in total. The van der Waals surface area contributed by atoms with Crippen LogP contribution < -0.4 is 15.2 Å². The molecule has 30 heavy (non-hydrogen) atoms. The molecule has 0 spiro atoms. The second-order valence-electron chi connectivity index (χ2n) is 7.96. The van der Waals surface area contributed by atoms with Gasteiger partial charge in [0.15, 0.2) is 23.1 Å². The zero-order valence-corrected chi connectivity index (χ0v) is 16.9. The molecule has 0 radical (unpaired) electrons. The van der Waals surface area contributed by atoms with E-state index in [1.807, 2.05) is 0 Å². The number of nitrogens with two attached hydrogens (primary N) is 1. The van der Waals surface area contributed by atoms with Gasteiger partial charge in [0.1, 0.15) is 0 Å². The highest BCUT2D eigenvalue weighted by Gasteiger charge is 2.44. The largest absolute Gasteiger partial charge is 0.493 e. The molecule has 0 aliphatic heterocycles. The van der Waals surface area contributed by atoms with Gasteiger partial charge in [0.25, 0.3) is 0 Å². The molecule has 1 unspecified atom stereocenters. The minimum absolute atomic E-state index is 0.106. The summed E-state index contributed by atoms with van der Waals surface area (Å²) in [6, 6.07) is 12.1. The fourth-order valence-corrected chi connectivity index (χ4v) is 4.58. The molecule has 1 fully saturated rings. The van der Waals surface area contributed by atoms with Gasteiger partial charge in [0.2, 0.25) is 5.91 Å². The van der Waals surface area contributed by atoms with E-state index in [4.69, 9.17) is 15.2 Å². The normalized spacial score (nSPS) is 17.8. The molecular weight excluding hydrogens is 382 g/mol. The molecule has 6 nitrogen and oxygen atoms in total. The van der Waals surface area contributed by atoms with Crippen LogP contribution >= 0.6 is 0 Å². The molecule has 6 heteroatoms. The molecule has 2 aromatic rings. The van der Waals surface area contributed by atoms with Crippen molar-refractivity contribution in [2.24, 2.45) is 11.7 Å². The van der Waals surface area contributed by atoms with E-state index in [1.165, 1.54) is 0 Å². The number of benzene rings is 2. The predicted octanol–water partition coefficient (Wildman–Crippen LogP) is 3.67. The van der Waals surface area contributed by atoms with Crippen molar-refractivity contribution in [3.8, 4) is 11.5 Å². The molecule has 0 saturated heterocycles. The number of fused-ring (bicyclic) bond motifs is 1. The predicted molar refractivity (Wildman–Crippen MR) is 111 cm³/mol. The molecule has 0 heterocycles. The van der Waals surface area contributed by atoms with E-state index >= 15 is 0 Å². The lowest BCUT2D eigenvalue weighted by molar-refractivity contribution is -0.118. The van der Waals surface area contributed by atoms with E-state index in [-0.39, 0.29) is 24.1 Å². The lowest BCUT2D eigenvalue weighted by atomic mass is 9.80. The van der Waals surface area contributed by atoms with Gasteiger partial charge in [0, 0.05) is 23.5 Å². The first kappa shape index (κ1) is 20.1. The average Bonchev–Trinajstić information content (AvgIpc) is 3.33. The molecule has 1 saturated carbocycles. The molecule has 156 valence electrons. The number of ketones is 2. The third-order valence-electron chi connectivity index (χ3n) is 6.06. The van der Waals surface area contributed by atoms with Crippen molar-refractivity contribution in [2.45, 2.75) is 44.1 Å². The maximum Gasteiger partial charge on any atom is 0.218 e. The Kier molecular flexibility index (Phi) is 5.57. The molecule has 0 aromatic heterocycles. The number of primary amides is 1. The van der Waals surface area contributed by atoms with Gasteiger partial charge in [0.05, 0.1) is 19.1 Å². The molecule has 0 bridgehead atoms. The summed E-state index contributed by atoms with van der Waals surface area (Å²) in [5, 5.41) is 0. The fourth-order valence-electron chi connectivity index (χ4n) is 4.58. The summed E-state index contributed by atoms with van der Waals surface area (Å²) in [4.78, 5) is 38.0. The molecule has 1 atom stereocenters. The van der Waals surface area contributed by atoms with Crippen molar-refractivity contribution in [2.75, 3.05) is 7.11 Å². The van der Waals surface area contributed by atoms with E-state index in [2.05, 4.69) is 0 Å². The number of carbonyl (C=O) groups excluding carboxylic acids is 3. The number of Topliss-reactive ketones (excluding diaryl/α,β-unsaturated/α-hetero) is 2. The topological polar surface area (TPSA) is 95.7 Å². The summed E-state index contributed by atoms with van der Waals surface area (Å²) in [5.41, 5.74) is 6.97. The van der Waals surface area contributed by atoms with Crippen LogP contribution in [0.15, 0.2) is 42.5 Å². The van der Waals surface area contributed by atoms with Crippen molar-refractivity contribution in [1.82, 2.24) is 0 Å². The Labute approximate surface area is 175 Å². The van der Waals surface area contributed by atoms with Crippen LogP contribution in [-0.2, 0) is 4.79 Å². The van der Waals surface area contributed by atoms with Gasteiger partial charge in [-0.2, -0.15) is 0 Å². The summed E-state index contributed by atoms with van der Waals surface area (Å²) >= 11 is 0. The third-order valence-corrected chi connectivity index (χ3v) is 6.06. The first-order valence-electron chi connectivity index (χ1n) is 10.3.